The van der Waals surface area contributed by atoms with Crippen molar-refractivity contribution in [3.05, 3.63) is 15.6 Å². The number of hydrogen-bond donors (Lipinski definition) is 2. The Kier molecular flexibility index (Phi) is 5.77. The van der Waals surface area contributed by atoms with Crippen LogP contribution < -0.4 is 5.32 Å². The molecule has 2 N–H and O–H groups in total. The quantitative estimate of drug-likeness (QED) is 0.813. The number of methoxy groups -OCH3 is 1. The van der Waals surface area contributed by atoms with E-state index in [0.29, 0.717) is 6.04 Å². The normalized spacial score (nSPS) is 27.2. The van der Waals surface area contributed by atoms with E-state index in [4.69, 9.17) is 4.74 Å². The van der Waals surface area contributed by atoms with Gasteiger partial charge in [-0.25, -0.2) is 4.98 Å². The molecule has 0 aromatic carbocycles. The first kappa shape index (κ1) is 16.9. The van der Waals surface area contributed by atoms with Crippen LogP contribution in [0.15, 0.2) is 0 Å². The zero-order valence-corrected chi connectivity index (χ0v) is 14.4. The number of aromatic nitrogens is 1. The highest BCUT2D eigenvalue weighted by atomic mass is 32.1. The van der Waals surface area contributed by atoms with Gasteiger partial charge in [0.1, 0.15) is 0 Å². The molecule has 0 saturated heterocycles. The standard InChI is InChI=1S/C16H28N2O2S/c1-11(17-13-6-5-8-16(13,3)10-19)15-12(2)18-14(21-15)7-9-20-4/h11,13,17,19H,5-10H2,1-4H3. The maximum absolute atomic E-state index is 9.67. The summed E-state index contributed by atoms with van der Waals surface area (Å²) < 4.78 is 5.13. The van der Waals surface area contributed by atoms with Crippen LogP contribution >= 0.6 is 11.3 Å². The average Bonchev–Trinajstić information content (AvgIpc) is 3.01. The summed E-state index contributed by atoms with van der Waals surface area (Å²) in [6.45, 7) is 7.46. The molecule has 0 aliphatic heterocycles. The van der Waals surface area contributed by atoms with Crippen LogP contribution in [-0.2, 0) is 11.2 Å². The highest BCUT2D eigenvalue weighted by molar-refractivity contribution is 7.11. The van der Waals surface area contributed by atoms with Gasteiger partial charge >= 0.3 is 0 Å². The highest BCUT2D eigenvalue weighted by Gasteiger charge is 2.39. The SMILES string of the molecule is COCCc1nc(C)c(C(C)NC2CCCC2(C)CO)s1. The number of rotatable bonds is 7. The van der Waals surface area contributed by atoms with Crippen molar-refractivity contribution < 1.29 is 9.84 Å². The molecule has 1 aromatic rings. The molecule has 0 bridgehead atoms. The smallest absolute Gasteiger partial charge is 0.0954 e. The van der Waals surface area contributed by atoms with Crippen LogP contribution in [0.2, 0.25) is 0 Å². The molecule has 1 saturated carbocycles. The van der Waals surface area contributed by atoms with Gasteiger partial charge in [-0.2, -0.15) is 0 Å². The van der Waals surface area contributed by atoms with Crippen molar-refractivity contribution in [3.8, 4) is 0 Å². The molecule has 5 heteroatoms. The van der Waals surface area contributed by atoms with Gasteiger partial charge in [-0.3, -0.25) is 0 Å². The van der Waals surface area contributed by atoms with Gasteiger partial charge in [0.15, 0.2) is 0 Å². The maximum Gasteiger partial charge on any atom is 0.0954 e. The molecule has 1 aliphatic rings. The number of aliphatic hydroxyl groups excluding tert-OH is 1. The van der Waals surface area contributed by atoms with Gasteiger partial charge in [0, 0.05) is 42.5 Å². The van der Waals surface area contributed by atoms with Crippen molar-refractivity contribution >= 4 is 11.3 Å². The van der Waals surface area contributed by atoms with E-state index in [1.54, 1.807) is 18.4 Å². The third-order valence-electron chi connectivity index (χ3n) is 4.68. The van der Waals surface area contributed by atoms with Gasteiger partial charge in [-0.1, -0.05) is 13.3 Å². The summed E-state index contributed by atoms with van der Waals surface area (Å²) in [5.41, 5.74) is 1.14. The summed E-state index contributed by atoms with van der Waals surface area (Å²) in [7, 11) is 1.72. The zero-order chi connectivity index (χ0) is 15.5. The fourth-order valence-electron chi connectivity index (χ4n) is 3.25. The summed E-state index contributed by atoms with van der Waals surface area (Å²) in [6, 6.07) is 0.675. The molecule has 1 heterocycles. The number of thiazole rings is 1. The lowest BCUT2D eigenvalue weighted by Gasteiger charge is -2.32. The fraction of sp³-hybridized carbons (Fsp3) is 0.812. The number of aliphatic hydroxyl groups is 1. The summed E-state index contributed by atoms with van der Waals surface area (Å²) in [4.78, 5) is 5.96. The Morgan fingerprint density at radius 3 is 3.00 bits per heavy atom. The minimum absolute atomic E-state index is 0.0196. The lowest BCUT2D eigenvalue weighted by molar-refractivity contribution is 0.114. The predicted molar refractivity (Wildman–Crippen MR) is 86.8 cm³/mol. The van der Waals surface area contributed by atoms with Crippen LogP contribution in [0.3, 0.4) is 0 Å². The van der Waals surface area contributed by atoms with Crippen molar-refractivity contribution in [1.82, 2.24) is 10.3 Å². The first-order chi connectivity index (χ1) is 10.00. The van der Waals surface area contributed by atoms with Crippen molar-refractivity contribution in [2.24, 2.45) is 5.41 Å². The molecule has 3 atom stereocenters. The lowest BCUT2D eigenvalue weighted by atomic mass is 9.85. The van der Waals surface area contributed by atoms with Crippen molar-refractivity contribution in [2.75, 3.05) is 20.3 Å². The van der Waals surface area contributed by atoms with E-state index in [1.165, 1.54) is 11.3 Å². The molecule has 1 fully saturated rings. The van der Waals surface area contributed by atoms with Crippen LogP contribution in [0.25, 0.3) is 0 Å². The molecule has 2 rings (SSSR count). The van der Waals surface area contributed by atoms with Crippen molar-refractivity contribution in [2.45, 2.75) is 58.5 Å². The highest BCUT2D eigenvalue weighted by Crippen LogP contribution is 2.39. The molecule has 4 nitrogen and oxygen atoms in total. The van der Waals surface area contributed by atoms with Crippen molar-refractivity contribution in [1.29, 1.82) is 0 Å². The third-order valence-corrected chi connectivity index (χ3v) is 6.08. The Bertz CT molecular complexity index is 463. The molecule has 3 unspecified atom stereocenters. The molecule has 0 amide bonds. The number of nitrogens with one attached hydrogen (secondary N) is 1. The minimum Gasteiger partial charge on any atom is -0.396 e. The van der Waals surface area contributed by atoms with Gasteiger partial charge in [0.25, 0.3) is 0 Å². The third kappa shape index (κ3) is 3.83. The van der Waals surface area contributed by atoms with E-state index in [1.807, 2.05) is 0 Å². The first-order valence-electron chi connectivity index (χ1n) is 7.82. The predicted octanol–water partition coefficient (Wildman–Crippen LogP) is 2.84. The lowest BCUT2D eigenvalue weighted by Crippen LogP contribution is -2.42. The van der Waals surface area contributed by atoms with Gasteiger partial charge in [-0.05, 0) is 26.7 Å². The Labute approximate surface area is 131 Å². The Balaban J connectivity index is 2.03. The Hall–Kier alpha value is -0.490. The molecule has 1 aromatic heterocycles. The first-order valence-corrected chi connectivity index (χ1v) is 8.64. The number of ether oxygens (including phenoxy) is 1. The van der Waals surface area contributed by atoms with E-state index < -0.39 is 0 Å². The van der Waals surface area contributed by atoms with E-state index >= 15 is 0 Å². The van der Waals surface area contributed by atoms with Gasteiger partial charge in [-0.15, -0.1) is 11.3 Å². The summed E-state index contributed by atoms with van der Waals surface area (Å²) in [6.07, 6.45) is 4.33. The van der Waals surface area contributed by atoms with Crippen LogP contribution in [0.5, 0.6) is 0 Å². The van der Waals surface area contributed by atoms with E-state index in [0.717, 1.165) is 36.6 Å². The molecule has 1 aliphatic carbocycles. The van der Waals surface area contributed by atoms with E-state index in [9.17, 15) is 5.11 Å². The molecule has 0 spiro atoms. The number of hydrogen-bond acceptors (Lipinski definition) is 5. The Morgan fingerprint density at radius 2 is 2.33 bits per heavy atom. The molecule has 0 radical (unpaired) electrons. The largest absolute Gasteiger partial charge is 0.396 e. The van der Waals surface area contributed by atoms with Crippen LogP contribution in [0, 0.1) is 12.3 Å². The minimum atomic E-state index is 0.0196. The van der Waals surface area contributed by atoms with E-state index in [-0.39, 0.29) is 18.1 Å². The molecular formula is C16H28N2O2S. The van der Waals surface area contributed by atoms with Gasteiger partial charge in [0.2, 0.25) is 0 Å². The monoisotopic (exact) mass is 312 g/mol. The maximum atomic E-state index is 9.67. The molecular weight excluding hydrogens is 284 g/mol. The molecule has 21 heavy (non-hydrogen) atoms. The second-order valence-corrected chi connectivity index (χ2v) is 7.56. The van der Waals surface area contributed by atoms with Crippen LogP contribution in [-0.4, -0.2) is 36.5 Å². The number of aryl methyl sites for hydroxylation is 1. The van der Waals surface area contributed by atoms with E-state index in [2.05, 4.69) is 31.1 Å². The van der Waals surface area contributed by atoms with Gasteiger partial charge < -0.3 is 15.2 Å². The van der Waals surface area contributed by atoms with Crippen molar-refractivity contribution in [3.63, 3.8) is 0 Å². The molecule has 120 valence electrons. The zero-order valence-electron chi connectivity index (χ0n) is 13.6. The second kappa shape index (κ2) is 7.18. The number of nitrogens with zero attached hydrogens (tertiary/aromatic N) is 1. The van der Waals surface area contributed by atoms with Crippen LogP contribution in [0.1, 0.15) is 54.7 Å². The fourth-order valence-corrected chi connectivity index (χ4v) is 4.31. The van der Waals surface area contributed by atoms with Crippen LogP contribution in [0.4, 0.5) is 0 Å². The summed E-state index contributed by atoms with van der Waals surface area (Å²) in [5.74, 6) is 0. The Morgan fingerprint density at radius 1 is 1.57 bits per heavy atom. The second-order valence-electron chi connectivity index (χ2n) is 6.45. The van der Waals surface area contributed by atoms with Gasteiger partial charge in [0.05, 0.1) is 17.3 Å². The summed E-state index contributed by atoms with van der Waals surface area (Å²) in [5, 5.41) is 14.5. The average molecular weight is 312 g/mol. The summed E-state index contributed by atoms with van der Waals surface area (Å²) >= 11 is 1.78. The topological polar surface area (TPSA) is 54.4 Å².